The summed E-state index contributed by atoms with van der Waals surface area (Å²) in [4.78, 5) is 16.8. The predicted octanol–water partition coefficient (Wildman–Crippen LogP) is 4.29. The molecule has 8 heteroatoms. The number of carbonyl (C=O) groups excluding carboxylic acids is 1. The molecule has 0 saturated carbocycles. The lowest BCUT2D eigenvalue weighted by molar-refractivity contribution is -0.135. The fraction of sp³-hybridized carbons (Fsp3) is 0.391. The average Bonchev–Trinajstić information content (AvgIpc) is 3.59. The normalized spacial score (nSPS) is 21.2. The number of rotatable bonds is 8. The second-order valence-corrected chi connectivity index (χ2v) is 8.91. The zero-order valence-corrected chi connectivity index (χ0v) is 18.0. The fourth-order valence-electron chi connectivity index (χ4n) is 4.18. The van der Waals surface area contributed by atoms with Gasteiger partial charge in [0.15, 0.2) is 0 Å². The van der Waals surface area contributed by atoms with Crippen molar-refractivity contribution < 1.29 is 18.4 Å². The maximum atomic E-state index is 13.4. The summed E-state index contributed by atoms with van der Waals surface area (Å²) in [6.07, 6.45) is 6.10. The van der Waals surface area contributed by atoms with Gasteiger partial charge < -0.3 is 13.6 Å². The minimum Gasteiger partial charge on any atom is -0.467 e. The Morgan fingerprint density at radius 1 is 1.19 bits per heavy atom. The molecule has 162 valence electrons. The summed E-state index contributed by atoms with van der Waals surface area (Å²) in [7, 11) is 0. The number of carbonyl (C=O) groups is 1. The summed E-state index contributed by atoms with van der Waals surface area (Å²) in [5, 5.41) is 8.27. The Hall–Kier alpha value is -2.68. The van der Waals surface area contributed by atoms with Gasteiger partial charge in [0.1, 0.15) is 23.3 Å². The predicted molar refractivity (Wildman–Crippen MR) is 117 cm³/mol. The average molecular weight is 440 g/mol. The molecule has 5 heterocycles. The molecule has 31 heavy (non-hydrogen) atoms. The second kappa shape index (κ2) is 9.21. The number of hydrazone groups is 1. The number of hydrogen-bond donors (Lipinski definition) is 0. The van der Waals surface area contributed by atoms with Crippen molar-refractivity contribution in [1.82, 2.24) is 9.91 Å². The van der Waals surface area contributed by atoms with Gasteiger partial charge in [0.25, 0.3) is 5.91 Å². The molecular formula is C23H25N3O4S. The number of nitrogens with zero attached hydrogens (tertiary/aromatic N) is 3. The summed E-state index contributed by atoms with van der Waals surface area (Å²) in [6.45, 7) is 2.52. The van der Waals surface area contributed by atoms with Crippen molar-refractivity contribution in [2.75, 3.05) is 19.7 Å². The van der Waals surface area contributed by atoms with Gasteiger partial charge in [0.2, 0.25) is 0 Å². The lowest BCUT2D eigenvalue weighted by Crippen LogP contribution is -2.40. The fourth-order valence-corrected chi connectivity index (χ4v) is 4.93. The van der Waals surface area contributed by atoms with Crippen LogP contribution < -0.4 is 0 Å². The largest absolute Gasteiger partial charge is 0.467 e. The summed E-state index contributed by atoms with van der Waals surface area (Å²) in [5.74, 6) is 1.35. The first kappa shape index (κ1) is 20.2. The van der Waals surface area contributed by atoms with Crippen LogP contribution in [-0.4, -0.2) is 47.3 Å². The Morgan fingerprint density at radius 2 is 2.10 bits per heavy atom. The Balaban J connectivity index is 1.35. The standard InChI is InChI=1S/C23H25N3O4S/c27-23(16-25(14-17-5-1-9-28-17)15-18-6-4-12-31-18)26-20(22-8-3-11-30-22)13-19(24-26)21-7-2-10-29-21/h2-4,6-8,10-12,17,20H,1,5,9,13-16H2/t17-,20-/m0/s1. The number of ether oxygens (including phenoxy) is 1. The van der Waals surface area contributed by atoms with Crippen molar-refractivity contribution in [3.63, 3.8) is 0 Å². The molecule has 0 aliphatic carbocycles. The zero-order chi connectivity index (χ0) is 21.0. The van der Waals surface area contributed by atoms with E-state index in [4.69, 9.17) is 13.6 Å². The van der Waals surface area contributed by atoms with Crippen LogP contribution >= 0.6 is 11.3 Å². The van der Waals surface area contributed by atoms with E-state index in [-0.39, 0.29) is 24.6 Å². The molecule has 1 saturated heterocycles. The number of thiophene rings is 1. The van der Waals surface area contributed by atoms with Gasteiger partial charge in [-0.1, -0.05) is 6.07 Å². The van der Waals surface area contributed by atoms with E-state index in [1.807, 2.05) is 30.3 Å². The van der Waals surface area contributed by atoms with Crippen LogP contribution in [0.5, 0.6) is 0 Å². The number of furan rings is 2. The Labute approximate surface area is 184 Å². The first-order valence-electron chi connectivity index (χ1n) is 10.6. The molecule has 0 aromatic carbocycles. The van der Waals surface area contributed by atoms with Crippen LogP contribution in [0.15, 0.2) is 68.2 Å². The first-order valence-corrected chi connectivity index (χ1v) is 11.5. The highest BCUT2D eigenvalue weighted by Crippen LogP contribution is 2.33. The quantitative estimate of drug-likeness (QED) is 0.524. The molecular weight excluding hydrogens is 414 g/mol. The van der Waals surface area contributed by atoms with Gasteiger partial charge in [0, 0.05) is 31.0 Å². The molecule has 7 nitrogen and oxygen atoms in total. The minimum atomic E-state index is -0.270. The molecule has 2 aliphatic rings. The number of hydrogen-bond acceptors (Lipinski definition) is 7. The van der Waals surface area contributed by atoms with E-state index in [9.17, 15) is 4.79 Å². The number of amides is 1. The summed E-state index contributed by atoms with van der Waals surface area (Å²) >= 11 is 1.70. The zero-order valence-electron chi connectivity index (χ0n) is 17.2. The van der Waals surface area contributed by atoms with E-state index in [1.165, 1.54) is 4.88 Å². The highest BCUT2D eigenvalue weighted by molar-refractivity contribution is 7.09. The third kappa shape index (κ3) is 4.66. The van der Waals surface area contributed by atoms with Gasteiger partial charge in [0.05, 0.1) is 25.2 Å². The van der Waals surface area contributed by atoms with Crippen molar-refractivity contribution in [3.05, 3.63) is 70.7 Å². The molecule has 0 unspecified atom stereocenters. The smallest absolute Gasteiger partial charge is 0.257 e. The highest BCUT2D eigenvalue weighted by atomic mass is 32.1. The SMILES string of the molecule is O=C(CN(Cc1cccs1)C[C@@H]1CCCO1)N1N=C(c2ccco2)C[C@H]1c1ccco1. The Morgan fingerprint density at radius 3 is 2.81 bits per heavy atom. The molecule has 2 atom stereocenters. The van der Waals surface area contributed by atoms with Crippen molar-refractivity contribution in [1.29, 1.82) is 0 Å². The van der Waals surface area contributed by atoms with E-state index in [2.05, 4.69) is 21.4 Å². The van der Waals surface area contributed by atoms with E-state index in [1.54, 1.807) is 28.9 Å². The van der Waals surface area contributed by atoms with Crippen LogP contribution in [0, 0.1) is 0 Å². The maximum Gasteiger partial charge on any atom is 0.257 e. The van der Waals surface area contributed by atoms with Gasteiger partial charge >= 0.3 is 0 Å². The molecule has 5 rings (SSSR count). The van der Waals surface area contributed by atoms with E-state index in [0.29, 0.717) is 12.2 Å². The lowest BCUT2D eigenvalue weighted by Gasteiger charge is -2.27. The Kier molecular flexibility index (Phi) is 6.01. The van der Waals surface area contributed by atoms with E-state index >= 15 is 0 Å². The molecule has 2 aliphatic heterocycles. The van der Waals surface area contributed by atoms with Crippen molar-refractivity contribution in [3.8, 4) is 0 Å². The third-order valence-corrected chi connectivity index (χ3v) is 6.51. The van der Waals surface area contributed by atoms with E-state index < -0.39 is 0 Å². The van der Waals surface area contributed by atoms with Crippen LogP contribution in [0.1, 0.15) is 41.7 Å². The van der Waals surface area contributed by atoms with Crippen LogP contribution in [0.4, 0.5) is 0 Å². The first-order chi connectivity index (χ1) is 15.3. The van der Waals surface area contributed by atoms with Crippen LogP contribution in [0.3, 0.4) is 0 Å². The van der Waals surface area contributed by atoms with Gasteiger partial charge in [-0.3, -0.25) is 9.69 Å². The highest BCUT2D eigenvalue weighted by Gasteiger charge is 2.36. The topological polar surface area (TPSA) is 71.4 Å². The molecule has 1 amide bonds. The minimum absolute atomic E-state index is 0.0579. The van der Waals surface area contributed by atoms with Crippen molar-refractivity contribution in [2.24, 2.45) is 5.10 Å². The molecule has 0 spiro atoms. The van der Waals surface area contributed by atoms with Crippen LogP contribution in [0.25, 0.3) is 0 Å². The molecule has 0 radical (unpaired) electrons. The molecule has 3 aromatic heterocycles. The second-order valence-electron chi connectivity index (χ2n) is 7.88. The Bertz CT molecular complexity index is 992. The van der Waals surface area contributed by atoms with Crippen LogP contribution in [0.2, 0.25) is 0 Å². The van der Waals surface area contributed by atoms with Crippen molar-refractivity contribution in [2.45, 2.75) is 38.0 Å². The summed E-state index contributed by atoms with van der Waals surface area (Å²) < 4.78 is 17.0. The van der Waals surface area contributed by atoms with Gasteiger partial charge in [-0.2, -0.15) is 5.10 Å². The molecule has 0 bridgehead atoms. The lowest BCUT2D eigenvalue weighted by atomic mass is 10.1. The molecule has 0 N–H and O–H groups in total. The van der Waals surface area contributed by atoms with E-state index in [0.717, 1.165) is 44.0 Å². The van der Waals surface area contributed by atoms with Gasteiger partial charge in [-0.25, -0.2) is 5.01 Å². The van der Waals surface area contributed by atoms with Gasteiger partial charge in [-0.05, 0) is 48.6 Å². The summed E-state index contributed by atoms with van der Waals surface area (Å²) in [5.41, 5.74) is 0.753. The van der Waals surface area contributed by atoms with Gasteiger partial charge in [-0.15, -0.1) is 11.3 Å². The van der Waals surface area contributed by atoms with Crippen molar-refractivity contribution >= 4 is 23.0 Å². The molecule has 1 fully saturated rings. The monoisotopic (exact) mass is 439 g/mol. The molecule has 3 aromatic rings. The van der Waals surface area contributed by atoms with Crippen LogP contribution in [-0.2, 0) is 16.1 Å². The summed E-state index contributed by atoms with van der Waals surface area (Å²) in [6, 6.07) is 11.3. The maximum absolute atomic E-state index is 13.4. The third-order valence-electron chi connectivity index (χ3n) is 5.65.